The third-order valence-electron chi connectivity index (χ3n) is 3.53. The molecule has 6 nitrogen and oxygen atoms in total. The Kier molecular flexibility index (Phi) is 5.07. The number of hydrogen-bond acceptors (Lipinski definition) is 5. The molecular weight excluding hydrogens is 310 g/mol. The molecule has 2 rings (SSSR count). The lowest BCUT2D eigenvalue weighted by Crippen LogP contribution is -2.48. The highest BCUT2D eigenvalue weighted by atomic mass is 16.5. The highest BCUT2D eigenvalue weighted by Crippen LogP contribution is 2.19. The van der Waals surface area contributed by atoms with Crippen molar-refractivity contribution in [2.24, 2.45) is 0 Å². The Bertz CT molecular complexity index is 816. The SMILES string of the molecule is CCOC(=O)CN(C(=O)c1cc2ccccc2c(=O)o1)C(C)(C)C. The fraction of sp³-hybridized carbons (Fsp3) is 0.389. The van der Waals surface area contributed by atoms with Gasteiger partial charge in [0.1, 0.15) is 6.54 Å². The van der Waals surface area contributed by atoms with Crippen molar-refractivity contribution in [3.63, 3.8) is 0 Å². The summed E-state index contributed by atoms with van der Waals surface area (Å²) in [6.07, 6.45) is 0. The van der Waals surface area contributed by atoms with Gasteiger partial charge in [-0.3, -0.25) is 9.59 Å². The lowest BCUT2D eigenvalue weighted by atomic mass is 10.0. The van der Waals surface area contributed by atoms with Crippen LogP contribution < -0.4 is 5.63 Å². The van der Waals surface area contributed by atoms with E-state index < -0.39 is 23.0 Å². The zero-order valence-corrected chi connectivity index (χ0v) is 14.3. The number of benzene rings is 1. The average Bonchev–Trinajstić information content (AvgIpc) is 2.51. The lowest BCUT2D eigenvalue weighted by Gasteiger charge is -2.34. The van der Waals surface area contributed by atoms with Crippen LogP contribution in [0.4, 0.5) is 0 Å². The minimum absolute atomic E-state index is 0.0991. The first-order chi connectivity index (χ1) is 11.2. The Hall–Kier alpha value is -2.63. The Morgan fingerprint density at radius 2 is 1.88 bits per heavy atom. The first-order valence-corrected chi connectivity index (χ1v) is 7.74. The molecule has 0 bridgehead atoms. The molecule has 0 spiro atoms. The highest BCUT2D eigenvalue weighted by Gasteiger charge is 2.31. The van der Waals surface area contributed by atoms with Crippen LogP contribution in [-0.4, -0.2) is 35.5 Å². The van der Waals surface area contributed by atoms with Crippen LogP contribution in [0.5, 0.6) is 0 Å². The smallest absolute Gasteiger partial charge is 0.344 e. The summed E-state index contributed by atoms with van der Waals surface area (Å²) in [5.41, 5.74) is -1.23. The Morgan fingerprint density at radius 1 is 1.21 bits per heavy atom. The second-order valence-electron chi connectivity index (χ2n) is 6.35. The molecule has 0 N–H and O–H groups in total. The van der Waals surface area contributed by atoms with Crippen LogP contribution in [0.1, 0.15) is 38.2 Å². The minimum Gasteiger partial charge on any atom is -0.465 e. The summed E-state index contributed by atoms with van der Waals surface area (Å²) < 4.78 is 10.1. The maximum Gasteiger partial charge on any atom is 0.344 e. The van der Waals surface area contributed by atoms with E-state index in [-0.39, 0.29) is 18.9 Å². The second-order valence-corrected chi connectivity index (χ2v) is 6.35. The molecule has 128 valence electrons. The van der Waals surface area contributed by atoms with Crippen molar-refractivity contribution in [3.05, 3.63) is 46.5 Å². The van der Waals surface area contributed by atoms with Crippen LogP contribution in [-0.2, 0) is 9.53 Å². The molecule has 1 heterocycles. The molecule has 6 heteroatoms. The van der Waals surface area contributed by atoms with Gasteiger partial charge in [0.15, 0.2) is 5.76 Å². The van der Waals surface area contributed by atoms with Crippen molar-refractivity contribution in [2.45, 2.75) is 33.2 Å². The van der Waals surface area contributed by atoms with Crippen molar-refractivity contribution in [1.82, 2.24) is 4.90 Å². The van der Waals surface area contributed by atoms with Crippen LogP contribution in [0.25, 0.3) is 10.8 Å². The van der Waals surface area contributed by atoms with Gasteiger partial charge in [-0.05, 0) is 45.2 Å². The number of amides is 1. The van der Waals surface area contributed by atoms with Crippen LogP contribution in [0.3, 0.4) is 0 Å². The summed E-state index contributed by atoms with van der Waals surface area (Å²) in [7, 11) is 0. The van der Waals surface area contributed by atoms with Crippen LogP contribution >= 0.6 is 0 Å². The standard InChI is InChI=1S/C18H21NO5/c1-5-23-15(20)11-19(18(2,3)4)16(21)14-10-12-8-6-7-9-13(12)17(22)24-14/h6-10H,5,11H2,1-4H3. The van der Waals surface area contributed by atoms with E-state index in [0.29, 0.717) is 10.8 Å². The van der Waals surface area contributed by atoms with Gasteiger partial charge in [-0.2, -0.15) is 0 Å². The zero-order valence-electron chi connectivity index (χ0n) is 14.3. The minimum atomic E-state index is -0.645. The Labute approximate surface area is 140 Å². The van der Waals surface area contributed by atoms with Crippen molar-refractivity contribution in [3.8, 4) is 0 Å². The zero-order chi connectivity index (χ0) is 17.9. The van der Waals surface area contributed by atoms with Gasteiger partial charge in [0, 0.05) is 5.54 Å². The summed E-state index contributed by atoms with van der Waals surface area (Å²) >= 11 is 0. The number of hydrogen-bond donors (Lipinski definition) is 0. The van der Waals surface area contributed by atoms with Crippen LogP contribution in [0.2, 0.25) is 0 Å². The largest absolute Gasteiger partial charge is 0.465 e. The molecule has 1 aromatic carbocycles. The van der Waals surface area contributed by atoms with Gasteiger partial charge in [0.05, 0.1) is 12.0 Å². The Balaban J connectivity index is 2.42. The lowest BCUT2D eigenvalue weighted by molar-refractivity contribution is -0.144. The van der Waals surface area contributed by atoms with Gasteiger partial charge in [-0.15, -0.1) is 0 Å². The fourth-order valence-corrected chi connectivity index (χ4v) is 2.32. The third kappa shape index (κ3) is 3.82. The molecule has 0 fully saturated rings. The molecule has 0 atom stereocenters. The molecule has 0 saturated heterocycles. The predicted molar refractivity (Wildman–Crippen MR) is 89.9 cm³/mol. The van der Waals surface area contributed by atoms with E-state index in [1.54, 1.807) is 52.0 Å². The molecule has 0 aliphatic carbocycles. The number of nitrogens with zero attached hydrogens (tertiary/aromatic N) is 1. The maximum absolute atomic E-state index is 12.8. The van der Waals surface area contributed by atoms with E-state index in [2.05, 4.69) is 0 Å². The molecule has 1 amide bonds. The summed E-state index contributed by atoms with van der Waals surface area (Å²) in [4.78, 5) is 38.0. The number of ether oxygens (including phenoxy) is 1. The fourth-order valence-electron chi connectivity index (χ4n) is 2.32. The number of fused-ring (bicyclic) bond motifs is 1. The van der Waals surface area contributed by atoms with Gasteiger partial charge in [-0.25, -0.2) is 4.79 Å². The molecule has 2 aromatic rings. The van der Waals surface area contributed by atoms with Gasteiger partial charge in [0.25, 0.3) is 5.91 Å². The first-order valence-electron chi connectivity index (χ1n) is 7.74. The first kappa shape index (κ1) is 17.7. The summed E-state index contributed by atoms with van der Waals surface area (Å²) in [5, 5.41) is 1.02. The normalized spacial score (nSPS) is 11.3. The third-order valence-corrected chi connectivity index (χ3v) is 3.53. The number of esters is 1. The Morgan fingerprint density at radius 3 is 2.50 bits per heavy atom. The molecule has 0 aliphatic rings. The number of rotatable bonds is 4. The van der Waals surface area contributed by atoms with Crippen molar-refractivity contribution < 1.29 is 18.7 Å². The summed E-state index contributed by atoms with van der Waals surface area (Å²) in [6, 6.07) is 8.38. The molecule has 0 radical (unpaired) electrons. The van der Waals surface area contributed by atoms with E-state index in [1.807, 2.05) is 0 Å². The summed E-state index contributed by atoms with van der Waals surface area (Å²) in [5.74, 6) is -1.14. The van der Waals surface area contributed by atoms with Crippen molar-refractivity contribution in [2.75, 3.05) is 13.2 Å². The quantitative estimate of drug-likeness (QED) is 0.805. The molecular formula is C18H21NO5. The number of carbonyl (C=O) groups excluding carboxylic acids is 2. The summed E-state index contributed by atoms with van der Waals surface area (Å²) in [6.45, 7) is 7.10. The van der Waals surface area contributed by atoms with Crippen LogP contribution in [0.15, 0.2) is 39.5 Å². The topological polar surface area (TPSA) is 76.8 Å². The molecule has 0 unspecified atom stereocenters. The van der Waals surface area contributed by atoms with E-state index in [9.17, 15) is 14.4 Å². The molecule has 1 aromatic heterocycles. The van der Waals surface area contributed by atoms with Gasteiger partial charge >= 0.3 is 11.6 Å². The van der Waals surface area contributed by atoms with E-state index in [4.69, 9.17) is 9.15 Å². The number of carbonyl (C=O) groups is 2. The van der Waals surface area contributed by atoms with E-state index >= 15 is 0 Å². The van der Waals surface area contributed by atoms with Crippen LogP contribution in [0, 0.1) is 0 Å². The van der Waals surface area contributed by atoms with E-state index in [1.165, 1.54) is 11.0 Å². The predicted octanol–water partition coefficient (Wildman–Crippen LogP) is 2.60. The van der Waals surface area contributed by atoms with Gasteiger partial charge in [0.2, 0.25) is 0 Å². The molecule has 0 aliphatic heterocycles. The van der Waals surface area contributed by atoms with Crippen molar-refractivity contribution in [1.29, 1.82) is 0 Å². The second kappa shape index (κ2) is 6.86. The van der Waals surface area contributed by atoms with E-state index in [0.717, 1.165) is 0 Å². The van der Waals surface area contributed by atoms with Crippen molar-refractivity contribution >= 4 is 22.6 Å². The molecule has 24 heavy (non-hydrogen) atoms. The highest BCUT2D eigenvalue weighted by molar-refractivity contribution is 5.97. The average molecular weight is 331 g/mol. The molecule has 0 saturated carbocycles. The van der Waals surface area contributed by atoms with Gasteiger partial charge < -0.3 is 14.1 Å². The maximum atomic E-state index is 12.8. The monoisotopic (exact) mass is 331 g/mol. The van der Waals surface area contributed by atoms with Gasteiger partial charge in [-0.1, -0.05) is 18.2 Å².